The van der Waals surface area contributed by atoms with E-state index in [-0.39, 0.29) is 18.2 Å². The van der Waals surface area contributed by atoms with E-state index in [0.717, 1.165) is 0 Å². The third-order valence-electron chi connectivity index (χ3n) is 3.32. The highest BCUT2D eigenvalue weighted by Gasteiger charge is 2.16. The molecule has 2 aromatic heterocycles. The van der Waals surface area contributed by atoms with Gasteiger partial charge >= 0.3 is 5.97 Å². The van der Waals surface area contributed by atoms with E-state index >= 15 is 0 Å². The maximum absolute atomic E-state index is 12.3. The van der Waals surface area contributed by atoms with Crippen molar-refractivity contribution in [2.75, 3.05) is 19.0 Å². The summed E-state index contributed by atoms with van der Waals surface area (Å²) < 4.78 is 9.95. The van der Waals surface area contributed by atoms with Crippen molar-refractivity contribution in [3.8, 4) is 11.4 Å². The van der Waals surface area contributed by atoms with Crippen LogP contribution < -0.4 is 10.1 Å². The van der Waals surface area contributed by atoms with Crippen LogP contribution in [0.2, 0.25) is 0 Å². The Hall–Kier alpha value is -3.34. The lowest BCUT2D eigenvalue weighted by atomic mass is 10.3. The molecular weight excluding hydrogens is 372 g/mol. The molecule has 3 aromatic rings. The summed E-state index contributed by atoms with van der Waals surface area (Å²) in [7, 11) is 1.57. The minimum absolute atomic E-state index is 0.0477. The van der Waals surface area contributed by atoms with E-state index in [1.54, 1.807) is 43.7 Å². The maximum Gasteiger partial charge on any atom is 0.311 e. The standard InChI is InChI=1S/C16H16N6O4S/c1-3-26-13(23)8-10-9-27-16(17-10)18-15(24)14-19-21-22(20-14)11-4-6-12(25-2)7-5-11/h4-7,9H,3,8H2,1-2H3,(H,17,18,24). The Morgan fingerprint density at radius 3 is 2.74 bits per heavy atom. The second kappa shape index (κ2) is 8.36. The molecule has 140 valence electrons. The highest BCUT2D eigenvalue weighted by atomic mass is 32.1. The smallest absolute Gasteiger partial charge is 0.311 e. The van der Waals surface area contributed by atoms with Crippen molar-refractivity contribution >= 4 is 28.3 Å². The zero-order valence-corrected chi connectivity index (χ0v) is 15.4. The Kier molecular flexibility index (Phi) is 5.71. The van der Waals surface area contributed by atoms with Crippen molar-refractivity contribution in [2.24, 2.45) is 0 Å². The first-order chi connectivity index (χ1) is 13.1. The summed E-state index contributed by atoms with van der Waals surface area (Å²) in [6, 6.07) is 6.98. The van der Waals surface area contributed by atoms with Gasteiger partial charge in [0.1, 0.15) is 5.75 Å². The first-order valence-corrected chi connectivity index (χ1v) is 8.83. The Labute approximate surface area is 158 Å². The van der Waals surface area contributed by atoms with Gasteiger partial charge in [-0.15, -0.1) is 26.3 Å². The van der Waals surface area contributed by atoms with Crippen LogP contribution in [0.3, 0.4) is 0 Å². The normalized spacial score (nSPS) is 10.4. The number of tetrazole rings is 1. The lowest BCUT2D eigenvalue weighted by Crippen LogP contribution is -2.14. The highest BCUT2D eigenvalue weighted by Crippen LogP contribution is 2.17. The predicted octanol–water partition coefficient (Wildman–Crippen LogP) is 1.49. The molecule has 0 radical (unpaired) electrons. The lowest BCUT2D eigenvalue weighted by Gasteiger charge is -2.01. The van der Waals surface area contributed by atoms with Gasteiger partial charge in [-0.3, -0.25) is 14.9 Å². The number of esters is 1. The van der Waals surface area contributed by atoms with E-state index in [1.807, 2.05) is 0 Å². The molecule has 1 amide bonds. The first-order valence-electron chi connectivity index (χ1n) is 7.95. The average Bonchev–Trinajstić information content (AvgIpc) is 3.32. The highest BCUT2D eigenvalue weighted by molar-refractivity contribution is 7.14. The molecule has 0 spiro atoms. The molecule has 0 aliphatic carbocycles. The van der Waals surface area contributed by atoms with Crippen molar-refractivity contribution in [2.45, 2.75) is 13.3 Å². The molecule has 0 unspecified atom stereocenters. The number of nitrogens with one attached hydrogen (secondary N) is 1. The molecule has 0 saturated heterocycles. The Bertz CT molecular complexity index is 937. The predicted molar refractivity (Wildman–Crippen MR) is 96.1 cm³/mol. The van der Waals surface area contributed by atoms with Gasteiger partial charge < -0.3 is 9.47 Å². The van der Waals surface area contributed by atoms with Crippen molar-refractivity contribution in [3.05, 3.63) is 41.2 Å². The van der Waals surface area contributed by atoms with E-state index in [1.165, 1.54) is 16.1 Å². The van der Waals surface area contributed by atoms with Crippen LogP contribution in [0.15, 0.2) is 29.6 Å². The van der Waals surface area contributed by atoms with Crippen LogP contribution in [-0.2, 0) is 16.0 Å². The molecule has 3 rings (SSSR count). The van der Waals surface area contributed by atoms with Gasteiger partial charge in [-0.05, 0) is 36.4 Å². The van der Waals surface area contributed by atoms with E-state index in [2.05, 4.69) is 25.7 Å². The molecule has 27 heavy (non-hydrogen) atoms. The Balaban J connectivity index is 1.64. The molecule has 0 saturated carbocycles. The number of hydrogen-bond donors (Lipinski definition) is 1. The average molecular weight is 388 g/mol. The number of nitrogens with zero attached hydrogens (tertiary/aromatic N) is 5. The quantitative estimate of drug-likeness (QED) is 0.604. The summed E-state index contributed by atoms with van der Waals surface area (Å²) in [6.07, 6.45) is 0.0477. The lowest BCUT2D eigenvalue weighted by molar-refractivity contribution is -0.142. The molecule has 2 heterocycles. The third-order valence-corrected chi connectivity index (χ3v) is 4.13. The second-order valence-electron chi connectivity index (χ2n) is 5.18. The number of anilines is 1. The molecule has 0 bridgehead atoms. The molecule has 10 nitrogen and oxygen atoms in total. The van der Waals surface area contributed by atoms with Crippen LogP contribution in [0.25, 0.3) is 5.69 Å². The van der Waals surface area contributed by atoms with Crippen LogP contribution in [0, 0.1) is 0 Å². The van der Waals surface area contributed by atoms with Gasteiger partial charge in [0.05, 0.1) is 31.5 Å². The minimum atomic E-state index is -0.549. The number of benzene rings is 1. The van der Waals surface area contributed by atoms with Crippen molar-refractivity contribution < 1.29 is 19.1 Å². The number of hydrogen-bond acceptors (Lipinski definition) is 9. The van der Waals surface area contributed by atoms with Crippen molar-refractivity contribution in [1.82, 2.24) is 25.2 Å². The fourth-order valence-electron chi connectivity index (χ4n) is 2.09. The number of aromatic nitrogens is 5. The summed E-state index contributed by atoms with van der Waals surface area (Å²) >= 11 is 1.19. The van der Waals surface area contributed by atoms with E-state index in [4.69, 9.17) is 9.47 Å². The summed E-state index contributed by atoms with van der Waals surface area (Å²) in [6.45, 7) is 2.04. The Morgan fingerprint density at radius 1 is 1.26 bits per heavy atom. The molecule has 1 aromatic carbocycles. The van der Waals surface area contributed by atoms with Gasteiger partial charge in [0, 0.05) is 5.38 Å². The van der Waals surface area contributed by atoms with Gasteiger partial charge in [-0.1, -0.05) is 0 Å². The van der Waals surface area contributed by atoms with Gasteiger partial charge in [0.25, 0.3) is 11.7 Å². The second-order valence-corrected chi connectivity index (χ2v) is 6.04. The van der Waals surface area contributed by atoms with Crippen LogP contribution in [-0.4, -0.2) is 50.8 Å². The number of carbonyl (C=O) groups excluding carboxylic acids is 2. The topological polar surface area (TPSA) is 121 Å². The summed E-state index contributed by atoms with van der Waals surface area (Å²) in [4.78, 5) is 29.1. The largest absolute Gasteiger partial charge is 0.497 e. The van der Waals surface area contributed by atoms with Gasteiger partial charge in [0.15, 0.2) is 5.13 Å². The molecule has 11 heteroatoms. The minimum Gasteiger partial charge on any atom is -0.497 e. The van der Waals surface area contributed by atoms with Crippen LogP contribution in [0.5, 0.6) is 5.75 Å². The van der Waals surface area contributed by atoms with Gasteiger partial charge in [0.2, 0.25) is 0 Å². The number of thiazole rings is 1. The van der Waals surface area contributed by atoms with Crippen LogP contribution >= 0.6 is 11.3 Å². The third kappa shape index (κ3) is 4.64. The van der Waals surface area contributed by atoms with E-state index in [0.29, 0.717) is 28.9 Å². The molecule has 0 atom stereocenters. The first kappa shape index (κ1) is 18.5. The zero-order valence-electron chi connectivity index (χ0n) is 14.6. The van der Waals surface area contributed by atoms with Gasteiger partial charge in [-0.25, -0.2) is 4.98 Å². The number of amides is 1. The van der Waals surface area contributed by atoms with Crippen LogP contribution in [0.1, 0.15) is 23.2 Å². The fraction of sp³-hybridized carbons (Fsp3) is 0.250. The van der Waals surface area contributed by atoms with E-state index < -0.39 is 5.91 Å². The Morgan fingerprint density at radius 2 is 2.04 bits per heavy atom. The SMILES string of the molecule is CCOC(=O)Cc1csc(NC(=O)c2nnn(-c3ccc(OC)cc3)n2)n1. The number of rotatable bonds is 7. The maximum atomic E-state index is 12.3. The molecular formula is C16H16N6O4S. The molecule has 0 aliphatic heterocycles. The number of carbonyl (C=O) groups is 2. The zero-order chi connectivity index (χ0) is 19.2. The number of ether oxygens (including phenoxy) is 2. The monoisotopic (exact) mass is 388 g/mol. The molecule has 0 fully saturated rings. The fourth-order valence-corrected chi connectivity index (χ4v) is 2.79. The van der Waals surface area contributed by atoms with E-state index in [9.17, 15) is 9.59 Å². The van der Waals surface area contributed by atoms with Crippen LogP contribution in [0.4, 0.5) is 5.13 Å². The molecule has 1 N–H and O–H groups in total. The summed E-state index contributed by atoms with van der Waals surface area (Å²) in [5.74, 6) is -0.330. The van der Waals surface area contributed by atoms with Gasteiger partial charge in [-0.2, -0.15) is 0 Å². The molecule has 0 aliphatic rings. The summed E-state index contributed by atoms with van der Waals surface area (Å²) in [5, 5.41) is 16.3. The van der Waals surface area contributed by atoms with Crippen molar-refractivity contribution in [1.29, 1.82) is 0 Å². The van der Waals surface area contributed by atoms with Crippen molar-refractivity contribution in [3.63, 3.8) is 0 Å². The summed E-state index contributed by atoms with van der Waals surface area (Å²) in [5.41, 5.74) is 1.15. The number of methoxy groups -OCH3 is 1.